The molecule has 0 saturated carbocycles. The third kappa shape index (κ3) is 3.98. The van der Waals surface area contributed by atoms with Crippen LogP contribution in [0.15, 0.2) is 41.8 Å². The zero-order valence-corrected chi connectivity index (χ0v) is 11.1. The first-order valence-electron chi connectivity index (χ1n) is 5.63. The molecule has 1 atom stereocenters. The fourth-order valence-corrected chi connectivity index (χ4v) is 2.33. The van der Waals surface area contributed by atoms with Crippen LogP contribution in [0.4, 0.5) is 0 Å². The molecular formula is C13H19NO2S. The van der Waals surface area contributed by atoms with Crippen LogP contribution in [0.5, 0.6) is 0 Å². The van der Waals surface area contributed by atoms with Crippen molar-refractivity contribution in [1.29, 1.82) is 0 Å². The summed E-state index contributed by atoms with van der Waals surface area (Å²) in [4.78, 5) is 0.357. The Bertz CT molecular complexity index is 463. The molecule has 94 valence electrons. The third-order valence-corrected chi connectivity index (χ3v) is 3.69. The Morgan fingerprint density at radius 2 is 1.94 bits per heavy atom. The molecule has 1 aromatic rings. The van der Waals surface area contributed by atoms with Crippen LogP contribution in [0.1, 0.15) is 24.9 Å². The molecule has 0 heterocycles. The second kappa shape index (κ2) is 5.98. The van der Waals surface area contributed by atoms with E-state index in [0.717, 1.165) is 18.5 Å². The van der Waals surface area contributed by atoms with Gasteiger partial charge in [0, 0.05) is 12.3 Å². The van der Waals surface area contributed by atoms with Crippen LogP contribution in [-0.2, 0) is 9.84 Å². The number of rotatable bonds is 6. The normalized spacial score (nSPS) is 13.3. The smallest absolute Gasteiger partial charge is 0.175 e. The highest BCUT2D eigenvalue weighted by atomic mass is 32.2. The molecule has 0 radical (unpaired) electrons. The van der Waals surface area contributed by atoms with Gasteiger partial charge in [-0.25, -0.2) is 8.42 Å². The highest BCUT2D eigenvalue weighted by Crippen LogP contribution is 2.19. The summed E-state index contributed by atoms with van der Waals surface area (Å²) in [5.74, 6) is 0. The Labute approximate surface area is 103 Å². The number of nitrogens with one attached hydrogen (secondary N) is 1. The van der Waals surface area contributed by atoms with Gasteiger partial charge in [0.15, 0.2) is 9.84 Å². The van der Waals surface area contributed by atoms with Crippen molar-refractivity contribution in [3.63, 3.8) is 0 Å². The topological polar surface area (TPSA) is 46.2 Å². The van der Waals surface area contributed by atoms with Crippen molar-refractivity contribution in [2.75, 3.05) is 12.8 Å². The van der Waals surface area contributed by atoms with Gasteiger partial charge in [-0.3, -0.25) is 0 Å². The van der Waals surface area contributed by atoms with Gasteiger partial charge in [0.2, 0.25) is 0 Å². The summed E-state index contributed by atoms with van der Waals surface area (Å²) >= 11 is 0. The lowest BCUT2D eigenvalue weighted by molar-refractivity contribution is 0.558. The van der Waals surface area contributed by atoms with E-state index in [1.54, 1.807) is 12.1 Å². The molecule has 0 aliphatic rings. The minimum Gasteiger partial charge on any atom is -0.310 e. The standard InChI is InChI=1S/C13H19NO2S/c1-4-6-13(14-5-2)11-7-9-12(10-8-11)17(3,15)16/h4,7-10,13-14H,1,5-6H2,2-3H3. The summed E-state index contributed by atoms with van der Waals surface area (Å²) in [6, 6.07) is 7.21. The van der Waals surface area contributed by atoms with Crippen molar-refractivity contribution in [1.82, 2.24) is 5.32 Å². The van der Waals surface area contributed by atoms with Gasteiger partial charge < -0.3 is 5.32 Å². The molecule has 17 heavy (non-hydrogen) atoms. The van der Waals surface area contributed by atoms with Crippen molar-refractivity contribution in [3.05, 3.63) is 42.5 Å². The van der Waals surface area contributed by atoms with E-state index in [4.69, 9.17) is 0 Å². The van der Waals surface area contributed by atoms with Crippen LogP contribution in [0, 0.1) is 0 Å². The molecule has 0 spiro atoms. The van der Waals surface area contributed by atoms with Crippen molar-refractivity contribution in [2.24, 2.45) is 0 Å². The van der Waals surface area contributed by atoms with Gasteiger partial charge in [-0.1, -0.05) is 25.1 Å². The Kier molecular flexibility index (Phi) is 4.90. The molecule has 3 nitrogen and oxygen atoms in total. The maximum Gasteiger partial charge on any atom is 0.175 e. The second-order valence-electron chi connectivity index (χ2n) is 3.98. The van der Waals surface area contributed by atoms with Crippen molar-refractivity contribution in [2.45, 2.75) is 24.3 Å². The van der Waals surface area contributed by atoms with E-state index in [9.17, 15) is 8.42 Å². The summed E-state index contributed by atoms with van der Waals surface area (Å²) in [6.07, 6.45) is 3.90. The fourth-order valence-electron chi connectivity index (χ4n) is 1.70. The van der Waals surface area contributed by atoms with E-state index in [-0.39, 0.29) is 6.04 Å². The van der Waals surface area contributed by atoms with Gasteiger partial charge in [-0.05, 0) is 30.7 Å². The first-order valence-corrected chi connectivity index (χ1v) is 7.52. The molecule has 0 aliphatic heterocycles. The minimum atomic E-state index is -3.11. The van der Waals surface area contributed by atoms with Crippen LogP contribution >= 0.6 is 0 Å². The largest absolute Gasteiger partial charge is 0.310 e. The molecule has 0 fully saturated rings. The van der Waals surface area contributed by atoms with Crippen LogP contribution in [0.25, 0.3) is 0 Å². The maximum absolute atomic E-state index is 11.3. The monoisotopic (exact) mass is 253 g/mol. The van der Waals surface area contributed by atoms with Crippen molar-refractivity contribution < 1.29 is 8.42 Å². The lowest BCUT2D eigenvalue weighted by Gasteiger charge is -2.16. The molecule has 0 amide bonds. The zero-order chi connectivity index (χ0) is 12.9. The van der Waals surface area contributed by atoms with Gasteiger partial charge in [0.05, 0.1) is 4.90 Å². The molecule has 0 saturated heterocycles. The van der Waals surface area contributed by atoms with E-state index in [0.29, 0.717) is 4.90 Å². The van der Waals surface area contributed by atoms with Gasteiger partial charge >= 0.3 is 0 Å². The Morgan fingerprint density at radius 3 is 2.35 bits per heavy atom. The Morgan fingerprint density at radius 1 is 1.35 bits per heavy atom. The fraction of sp³-hybridized carbons (Fsp3) is 0.385. The number of benzene rings is 1. The molecular weight excluding hydrogens is 234 g/mol. The highest BCUT2D eigenvalue weighted by molar-refractivity contribution is 7.90. The van der Waals surface area contributed by atoms with Gasteiger partial charge in [0.1, 0.15) is 0 Å². The van der Waals surface area contributed by atoms with Crippen LogP contribution in [0.2, 0.25) is 0 Å². The van der Waals surface area contributed by atoms with Crippen LogP contribution in [-0.4, -0.2) is 21.2 Å². The van der Waals surface area contributed by atoms with Crippen molar-refractivity contribution >= 4 is 9.84 Å². The Balaban J connectivity index is 2.95. The predicted octanol–water partition coefficient (Wildman–Crippen LogP) is 2.32. The number of hydrogen-bond acceptors (Lipinski definition) is 3. The maximum atomic E-state index is 11.3. The van der Waals surface area contributed by atoms with E-state index >= 15 is 0 Å². The molecule has 0 bridgehead atoms. The van der Waals surface area contributed by atoms with Crippen molar-refractivity contribution in [3.8, 4) is 0 Å². The van der Waals surface area contributed by atoms with E-state index in [1.807, 2.05) is 25.1 Å². The second-order valence-corrected chi connectivity index (χ2v) is 5.99. The lowest BCUT2D eigenvalue weighted by Crippen LogP contribution is -2.20. The summed E-state index contributed by atoms with van der Waals surface area (Å²) in [6.45, 7) is 6.64. The molecule has 1 aromatic carbocycles. The van der Waals surface area contributed by atoms with E-state index < -0.39 is 9.84 Å². The molecule has 0 aliphatic carbocycles. The summed E-state index contributed by atoms with van der Waals surface area (Å²) in [7, 11) is -3.11. The minimum absolute atomic E-state index is 0.200. The number of hydrogen-bond donors (Lipinski definition) is 1. The quantitative estimate of drug-likeness (QED) is 0.791. The highest BCUT2D eigenvalue weighted by Gasteiger charge is 2.10. The summed E-state index contributed by atoms with van der Waals surface area (Å²) < 4.78 is 22.7. The molecule has 1 rings (SSSR count). The average molecular weight is 253 g/mol. The van der Waals surface area contributed by atoms with Gasteiger partial charge in [-0.2, -0.15) is 0 Å². The average Bonchev–Trinajstić information content (AvgIpc) is 2.28. The zero-order valence-electron chi connectivity index (χ0n) is 10.3. The summed E-state index contributed by atoms with van der Waals surface area (Å²) in [5.41, 5.74) is 1.08. The first-order chi connectivity index (χ1) is 7.99. The summed E-state index contributed by atoms with van der Waals surface area (Å²) in [5, 5.41) is 3.34. The molecule has 1 unspecified atom stereocenters. The predicted molar refractivity (Wildman–Crippen MR) is 70.8 cm³/mol. The SMILES string of the molecule is C=CCC(NCC)c1ccc(S(C)(=O)=O)cc1. The lowest BCUT2D eigenvalue weighted by atomic mass is 10.0. The number of sulfone groups is 1. The van der Waals surface area contributed by atoms with Crippen LogP contribution < -0.4 is 5.32 Å². The third-order valence-electron chi connectivity index (χ3n) is 2.56. The van der Waals surface area contributed by atoms with E-state index in [1.165, 1.54) is 6.26 Å². The van der Waals surface area contributed by atoms with Gasteiger partial charge in [0.25, 0.3) is 0 Å². The Hall–Kier alpha value is -1.13. The first kappa shape index (κ1) is 13.9. The van der Waals surface area contributed by atoms with Gasteiger partial charge in [-0.15, -0.1) is 6.58 Å². The molecule has 4 heteroatoms. The molecule has 0 aromatic heterocycles. The molecule has 1 N–H and O–H groups in total. The van der Waals surface area contributed by atoms with Crippen LogP contribution in [0.3, 0.4) is 0 Å². The van der Waals surface area contributed by atoms with E-state index in [2.05, 4.69) is 11.9 Å².